The van der Waals surface area contributed by atoms with Crippen LogP contribution in [0.5, 0.6) is 0 Å². The number of rotatable bonds is 4. The number of carbonyl (C=O) groups is 1. The number of nitrogens with one attached hydrogen (secondary N) is 1. The Hall–Kier alpha value is -2.34. The van der Waals surface area contributed by atoms with Crippen LogP contribution in [-0.2, 0) is 0 Å². The van der Waals surface area contributed by atoms with Crippen LogP contribution in [0.15, 0.2) is 41.3 Å². The van der Waals surface area contributed by atoms with Crippen molar-refractivity contribution < 1.29 is 9.72 Å². The molecule has 1 N–H and O–H groups in total. The number of amides is 1. The third kappa shape index (κ3) is 3.28. The van der Waals surface area contributed by atoms with Crippen molar-refractivity contribution in [2.45, 2.75) is 18.7 Å². The van der Waals surface area contributed by atoms with Crippen molar-refractivity contribution in [3.8, 4) is 0 Å². The highest BCUT2D eigenvalue weighted by molar-refractivity contribution is 7.98. The van der Waals surface area contributed by atoms with E-state index in [9.17, 15) is 14.9 Å². The second-order valence-corrected chi connectivity index (χ2v) is 5.72. The molecule has 0 saturated carbocycles. The number of thioether (sulfide) groups is 1. The first-order valence-electron chi connectivity index (χ1n) is 6.64. The van der Waals surface area contributed by atoms with E-state index in [1.165, 1.54) is 17.8 Å². The smallest absolute Gasteiger partial charge is 0.282 e. The Morgan fingerprint density at radius 3 is 2.59 bits per heavy atom. The van der Waals surface area contributed by atoms with E-state index in [0.717, 1.165) is 16.0 Å². The molecule has 2 rings (SSSR count). The number of benzene rings is 2. The Labute approximate surface area is 132 Å². The van der Waals surface area contributed by atoms with Crippen molar-refractivity contribution in [2.24, 2.45) is 0 Å². The van der Waals surface area contributed by atoms with E-state index >= 15 is 0 Å². The topological polar surface area (TPSA) is 72.2 Å². The summed E-state index contributed by atoms with van der Waals surface area (Å²) in [4.78, 5) is 23.8. The number of nitrogens with zero attached hydrogens (tertiary/aromatic N) is 1. The second-order valence-electron chi connectivity index (χ2n) is 4.84. The van der Waals surface area contributed by atoms with Gasteiger partial charge in [-0.15, -0.1) is 11.8 Å². The van der Waals surface area contributed by atoms with Gasteiger partial charge in [0.15, 0.2) is 0 Å². The molecule has 2 aromatic rings. The largest absolute Gasteiger partial charge is 0.322 e. The van der Waals surface area contributed by atoms with Gasteiger partial charge in [0, 0.05) is 16.6 Å². The summed E-state index contributed by atoms with van der Waals surface area (Å²) < 4.78 is 0. The molecule has 0 atom stereocenters. The molecule has 22 heavy (non-hydrogen) atoms. The van der Waals surface area contributed by atoms with E-state index in [0.29, 0.717) is 5.69 Å². The van der Waals surface area contributed by atoms with Crippen molar-refractivity contribution in [2.75, 3.05) is 11.6 Å². The molecule has 0 aliphatic heterocycles. The Balaban J connectivity index is 2.40. The number of aryl methyl sites for hydroxylation is 1. The van der Waals surface area contributed by atoms with E-state index in [1.807, 2.05) is 32.2 Å². The quantitative estimate of drug-likeness (QED) is 0.521. The fraction of sp³-hybridized carbons (Fsp3) is 0.188. The van der Waals surface area contributed by atoms with Crippen molar-refractivity contribution in [3.05, 3.63) is 63.2 Å². The first-order valence-corrected chi connectivity index (χ1v) is 7.86. The molecule has 2 aromatic carbocycles. The fourth-order valence-electron chi connectivity index (χ4n) is 2.06. The van der Waals surface area contributed by atoms with Crippen molar-refractivity contribution in [3.63, 3.8) is 0 Å². The highest BCUT2D eigenvalue weighted by atomic mass is 32.2. The third-order valence-electron chi connectivity index (χ3n) is 3.50. The van der Waals surface area contributed by atoms with Gasteiger partial charge in [0.2, 0.25) is 0 Å². The number of nitro benzene ring substituents is 1. The maximum absolute atomic E-state index is 12.4. The summed E-state index contributed by atoms with van der Waals surface area (Å²) >= 11 is 1.43. The molecule has 0 unspecified atom stereocenters. The Morgan fingerprint density at radius 1 is 1.23 bits per heavy atom. The van der Waals surface area contributed by atoms with Crippen LogP contribution in [-0.4, -0.2) is 17.1 Å². The highest BCUT2D eigenvalue weighted by Gasteiger charge is 2.21. The summed E-state index contributed by atoms with van der Waals surface area (Å²) in [6.45, 7) is 3.85. The minimum Gasteiger partial charge on any atom is -0.322 e. The number of anilines is 1. The highest BCUT2D eigenvalue weighted by Crippen LogP contribution is 2.26. The van der Waals surface area contributed by atoms with Gasteiger partial charge in [-0.1, -0.05) is 12.1 Å². The number of carbonyl (C=O) groups excluding carboxylic acids is 1. The van der Waals surface area contributed by atoms with Gasteiger partial charge in [0.05, 0.1) is 4.92 Å². The average molecular weight is 316 g/mol. The van der Waals surface area contributed by atoms with E-state index in [4.69, 9.17) is 0 Å². The molecule has 0 radical (unpaired) electrons. The summed E-state index contributed by atoms with van der Waals surface area (Å²) in [5, 5.41) is 13.9. The van der Waals surface area contributed by atoms with Crippen LogP contribution in [0.25, 0.3) is 0 Å². The van der Waals surface area contributed by atoms with Crippen molar-refractivity contribution >= 4 is 29.0 Å². The second kappa shape index (κ2) is 6.62. The fourth-order valence-corrected chi connectivity index (χ4v) is 2.50. The molecule has 0 aliphatic carbocycles. The van der Waals surface area contributed by atoms with Crippen LogP contribution in [0.2, 0.25) is 0 Å². The molecule has 0 spiro atoms. The van der Waals surface area contributed by atoms with Gasteiger partial charge in [-0.3, -0.25) is 14.9 Å². The Morgan fingerprint density at radius 2 is 1.95 bits per heavy atom. The Kier molecular flexibility index (Phi) is 4.82. The van der Waals surface area contributed by atoms with Crippen LogP contribution in [0.1, 0.15) is 21.5 Å². The van der Waals surface area contributed by atoms with Crippen LogP contribution >= 0.6 is 11.8 Å². The van der Waals surface area contributed by atoms with Gasteiger partial charge < -0.3 is 5.32 Å². The number of hydrogen-bond donors (Lipinski definition) is 1. The number of nitro groups is 1. The summed E-state index contributed by atoms with van der Waals surface area (Å²) in [7, 11) is 0. The van der Waals surface area contributed by atoms with Gasteiger partial charge in [0.25, 0.3) is 11.6 Å². The van der Waals surface area contributed by atoms with Crippen molar-refractivity contribution in [1.29, 1.82) is 0 Å². The first-order chi connectivity index (χ1) is 10.4. The predicted octanol–water partition coefficient (Wildman–Crippen LogP) is 4.19. The summed E-state index contributed by atoms with van der Waals surface area (Å²) in [6.07, 6.45) is 1.85. The summed E-state index contributed by atoms with van der Waals surface area (Å²) in [5.41, 5.74) is 2.52. The molecule has 0 aromatic heterocycles. The van der Waals surface area contributed by atoms with Gasteiger partial charge in [0.1, 0.15) is 5.56 Å². The molecule has 5 nitrogen and oxygen atoms in total. The maximum atomic E-state index is 12.4. The lowest BCUT2D eigenvalue weighted by atomic mass is 10.1. The summed E-state index contributed by atoms with van der Waals surface area (Å²) in [6, 6.07) is 10.1. The molecule has 114 valence electrons. The van der Waals surface area contributed by atoms with E-state index < -0.39 is 10.8 Å². The van der Waals surface area contributed by atoms with Gasteiger partial charge in [-0.25, -0.2) is 0 Å². The maximum Gasteiger partial charge on any atom is 0.282 e. The Bertz CT molecular complexity index is 744. The standard InChI is InChI=1S/C16H16N2O3S/c1-10-5-4-6-14(11(10)2)17-16(19)13-9-12(22-3)7-8-15(13)18(20)21/h4-9H,1-3H3,(H,17,19). The molecule has 0 fully saturated rings. The molecular formula is C16H16N2O3S. The zero-order chi connectivity index (χ0) is 16.3. The molecule has 0 heterocycles. The lowest BCUT2D eigenvalue weighted by Gasteiger charge is -2.11. The average Bonchev–Trinajstić information content (AvgIpc) is 2.51. The molecule has 1 amide bonds. The normalized spacial score (nSPS) is 10.3. The van der Waals surface area contributed by atoms with Crippen molar-refractivity contribution in [1.82, 2.24) is 0 Å². The van der Waals surface area contributed by atoms with Crippen LogP contribution in [0, 0.1) is 24.0 Å². The van der Waals surface area contributed by atoms with Crippen LogP contribution in [0.4, 0.5) is 11.4 Å². The minimum absolute atomic E-state index is 0.0674. The zero-order valence-electron chi connectivity index (χ0n) is 12.5. The van der Waals surface area contributed by atoms with E-state index in [2.05, 4.69) is 5.32 Å². The summed E-state index contributed by atoms with van der Waals surface area (Å²) in [5.74, 6) is -0.476. The SMILES string of the molecule is CSc1ccc([N+](=O)[O-])c(C(=O)Nc2cccc(C)c2C)c1. The molecule has 6 heteroatoms. The van der Waals surface area contributed by atoms with E-state index in [1.54, 1.807) is 18.2 Å². The molecular weight excluding hydrogens is 300 g/mol. The lowest BCUT2D eigenvalue weighted by Crippen LogP contribution is -2.15. The third-order valence-corrected chi connectivity index (χ3v) is 4.22. The molecule has 0 aliphatic rings. The lowest BCUT2D eigenvalue weighted by molar-refractivity contribution is -0.385. The minimum atomic E-state index is -0.540. The van der Waals surface area contributed by atoms with Crippen LogP contribution in [0.3, 0.4) is 0 Å². The van der Waals surface area contributed by atoms with Gasteiger partial charge in [-0.05, 0) is 49.4 Å². The monoisotopic (exact) mass is 316 g/mol. The number of hydrogen-bond acceptors (Lipinski definition) is 4. The van der Waals surface area contributed by atoms with Gasteiger partial charge >= 0.3 is 0 Å². The van der Waals surface area contributed by atoms with E-state index in [-0.39, 0.29) is 11.3 Å². The molecule has 0 bridgehead atoms. The molecule has 0 saturated heterocycles. The van der Waals surface area contributed by atoms with Crippen LogP contribution < -0.4 is 5.32 Å². The zero-order valence-corrected chi connectivity index (χ0v) is 13.4. The van der Waals surface area contributed by atoms with Gasteiger partial charge in [-0.2, -0.15) is 0 Å². The first kappa shape index (κ1) is 16.0. The predicted molar refractivity (Wildman–Crippen MR) is 88.7 cm³/mol.